The number of halogens is 4. The fourth-order valence-corrected chi connectivity index (χ4v) is 3.65. The van der Waals surface area contributed by atoms with Gasteiger partial charge in [-0.3, -0.25) is 0 Å². The first-order valence-electron chi connectivity index (χ1n) is 3.06. The van der Waals surface area contributed by atoms with Gasteiger partial charge in [0.25, 0.3) is 11.9 Å². The van der Waals surface area contributed by atoms with Crippen LogP contribution in [0.25, 0.3) is 11.0 Å². The summed E-state index contributed by atoms with van der Waals surface area (Å²) in [5, 5.41) is 0. The molecular weight excluding hydrogens is 330 g/mol. The van der Waals surface area contributed by atoms with Gasteiger partial charge in [0, 0.05) is 0 Å². The van der Waals surface area contributed by atoms with E-state index in [-0.39, 0.29) is 0 Å². The van der Waals surface area contributed by atoms with Gasteiger partial charge in [-0.15, -0.1) is 11.3 Å². The number of aromatic nitrogens is 2. The van der Waals surface area contributed by atoms with Crippen LogP contribution in [0.1, 0.15) is 0 Å². The molecule has 0 unspecified atom stereocenters. The molecule has 2 nitrogen and oxygen atoms in total. The number of hydrogen-bond donors (Lipinski definition) is 0. The highest BCUT2D eigenvalue weighted by Crippen LogP contribution is 2.36. The van der Waals surface area contributed by atoms with Crippen molar-refractivity contribution in [3.63, 3.8) is 0 Å². The SMILES string of the molecule is Fc1nc2c(Br)sc(Br)c2nc1F. The van der Waals surface area contributed by atoms with Crippen LogP contribution in [0.3, 0.4) is 0 Å². The van der Waals surface area contributed by atoms with E-state index in [1.54, 1.807) is 0 Å². The first-order chi connectivity index (χ1) is 6.09. The monoisotopic (exact) mass is 328 g/mol. The molecule has 0 aliphatic heterocycles. The molecule has 0 atom stereocenters. The number of nitrogens with zero attached hydrogens (tertiary/aromatic N) is 2. The van der Waals surface area contributed by atoms with Gasteiger partial charge in [-0.05, 0) is 31.9 Å². The van der Waals surface area contributed by atoms with Crippen molar-refractivity contribution in [1.29, 1.82) is 0 Å². The Labute approximate surface area is 92.3 Å². The summed E-state index contributed by atoms with van der Waals surface area (Å²) in [7, 11) is 0. The second-order valence-corrected chi connectivity index (χ2v) is 5.81. The number of fused-ring (bicyclic) bond motifs is 1. The Kier molecular flexibility index (Phi) is 2.33. The predicted molar refractivity (Wildman–Crippen MR) is 52.7 cm³/mol. The van der Waals surface area contributed by atoms with E-state index in [9.17, 15) is 8.78 Å². The first kappa shape index (κ1) is 9.42. The molecule has 7 heteroatoms. The molecule has 68 valence electrons. The van der Waals surface area contributed by atoms with Gasteiger partial charge in [-0.1, -0.05) is 0 Å². The molecule has 13 heavy (non-hydrogen) atoms. The van der Waals surface area contributed by atoms with Crippen LogP contribution in [-0.2, 0) is 0 Å². The summed E-state index contributed by atoms with van der Waals surface area (Å²) in [6.45, 7) is 0. The molecule has 0 saturated heterocycles. The van der Waals surface area contributed by atoms with Gasteiger partial charge < -0.3 is 0 Å². The third-order valence-electron chi connectivity index (χ3n) is 1.37. The molecule has 0 N–H and O–H groups in total. The lowest BCUT2D eigenvalue weighted by atomic mass is 10.5. The zero-order valence-electron chi connectivity index (χ0n) is 5.81. The van der Waals surface area contributed by atoms with Crippen molar-refractivity contribution in [1.82, 2.24) is 9.97 Å². The van der Waals surface area contributed by atoms with Crippen molar-refractivity contribution in [3.8, 4) is 0 Å². The van der Waals surface area contributed by atoms with Crippen molar-refractivity contribution in [2.24, 2.45) is 0 Å². The second-order valence-electron chi connectivity index (χ2n) is 2.15. The maximum atomic E-state index is 12.7. The standard InChI is InChI=1S/C6Br2F2N2S/c7-3-1-2(4(8)13-3)12-6(10)5(9)11-1. The van der Waals surface area contributed by atoms with Crippen LogP contribution in [0.4, 0.5) is 8.78 Å². The van der Waals surface area contributed by atoms with E-state index in [1.165, 1.54) is 11.3 Å². The van der Waals surface area contributed by atoms with E-state index in [1.807, 2.05) is 0 Å². The summed E-state index contributed by atoms with van der Waals surface area (Å²) in [4.78, 5) is 6.85. The predicted octanol–water partition coefficient (Wildman–Crippen LogP) is 3.49. The Morgan fingerprint density at radius 3 is 1.69 bits per heavy atom. The smallest absolute Gasteiger partial charge is 0.212 e. The molecule has 0 aliphatic rings. The Morgan fingerprint density at radius 2 is 1.31 bits per heavy atom. The molecule has 0 bridgehead atoms. The lowest BCUT2D eigenvalue weighted by Gasteiger charge is -1.92. The molecule has 0 fully saturated rings. The Hall–Kier alpha value is -0.140. The highest BCUT2D eigenvalue weighted by atomic mass is 79.9. The molecule has 0 amide bonds. The summed E-state index contributed by atoms with van der Waals surface area (Å²) in [6.07, 6.45) is 0. The Bertz CT molecular complexity index is 443. The van der Waals surface area contributed by atoms with Crippen molar-refractivity contribution >= 4 is 54.2 Å². The van der Waals surface area contributed by atoms with Gasteiger partial charge in [0.05, 0.1) is 7.57 Å². The Morgan fingerprint density at radius 1 is 0.923 bits per heavy atom. The quantitative estimate of drug-likeness (QED) is 0.739. The van der Waals surface area contributed by atoms with Crippen LogP contribution >= 0.6 is 43.2 Å². The Balaban J connectivity index is 2.91. The summed E-state index contributed by atoms with van der Waals surface area (Å²) >= 11 is 7.62. The normalized spacial score (nSPS) is 11.1. The van der Waals surface area contributed by atoms with E-state index in [2.05, 4.69) is 41.8 Å². The lowest BCUT2D eigenvalue weighted by Crippen LogP contribution is -1.93. The molecule has 0 aliphatic carbocycles. The minimum atomic E-state index is -1.18. The molecule has 0 aromatic carbocycles. The van der Waals surface area contributed by atoms with Gasteiger partial charge in [0.15, 0.2) is 0 Å². The minimum Gasteiger partial charge on any atom is -0.212 e. The molecule has 2 aromatic heterocycles. The van der Waals surface area contributed by atoms with E-state index < -0.39 is 11.9 Å². The maximum Gasteiger partial charge on any atom is 0.269 e. The van der Waals surface area contributed by atoms with Gasteiger partial charge in [-0.2, -0.15) is 8.78 Å². The van der Waals surface area contributed by atoms with E-state index >= 15 is 0 Å². The zero-order valence-corrected chi connectivity index (χ0v) is 9.80. The lowest BCUT2D eigenvalue weighted by molar-refractivity contribution is 0.459. The van der Waals surface area contributed by atoms with E-state index in [4.69, 9.17) is 0 Å². The summed E-state index contributed by atoms with van der Waals surface area (Å²) in [6, 6.07) is 0. The second kappa shape index (κ2) is 3.21. The molecule has 2 rings (SSSR count). The van der Waals surface area contributed by atoms with Crippen LogP contribution in [-0.4, -0.2) is 9.97 Å². The van der Waals surface area contributed by atoms with Gasteiger partial charge in [0.1, 0.15) is 11.0 Å². The topological polar surface area (TPSA) is 25.8 Å². The van der Waals surface area contributed by atoms with Crippen LogP contribution in [0, 0.1) is 11.9 Å². The fourth-order valence-electron chi connectivity index (χ4n) is 0.844. The van der Waals surface area contributed by atoms with E-state index in [0.717, 1.165) is 0 Å². The van der Waals surface area contributed by atoms with Crippen molar-refractivity contribution in [2.75, 3.05) is 0 Å². The van der Waals surface area contributed by atoms with Crippen LogP contribution in [0.2, 0.25) is 0 Å². The van der Waals surface area contributed by atoms with Crippen molar-refractivity contribution < 1.29 is 8.78 Å². The molecular formula is C6Br2F2N2S. The largest absolute Gasteiger partial charge is 0.269 e. The zero-order chi connectivity index (χ0) is 9.59. The maximum absolute atomic E-state index is 12.7. The minimum absolute atomic E-state index is 0.329. The number of rotatable bonds is 0. The molecule has 2 heterocycles. The van der Waals surface area contributed by atoms with Crippen LogP contribution < -0.4 is 0 Å². The van der Waals surface area contributed by atoms with Crippen molar-refractivity contribution in [2.45, 2.75) is 0 Å². The van der Waals surface area contributed by atoms with Gasteiger partial charge in [0.2, 0.25) is 0 Å². The average molecular weight is 330 g/mol. The summed E-state index contributed by atoms with van der Waals surface area (Å²) < 4.78 is 26.6. The molecule has 0 radical (unpaired) electrons. The molecule has 2 aromatic rings. The van der Waals surface area contributed by atoms with E-state index in [0.29, 0.717) is 18.6 Å². The van der Waals surface area contributed by atoms with Crippen LogP contribution in [0.15, 0.2) is 7.57 Å². The number of hydrogen-bond acceptors (Lipinski definition) is 3. The number of thiophene rings is 1. The summed E-state index contributed by atoms with van der Waals surface area (Å²) in [5.74, 6) is -2.36. The average Bonchev–Trinajstić information content (AvgIpc) is 2.31. The highest BCUT2D eigenvalue weighted by molar-refractivity contribution is 9.12. The van der Waals surface area contributed by atoms with Crippen molar-refractivity contribution in [3.05, 3.63) is 19.5 Å². The third-order valence-corrected chi connectivity index (χ3v) is 3.83. The first-order valence-corrected chi connectivity index (χ1v) is 5.46. The van der Waals surface area contributed by atoms with Gasteiger partial charge >= 0.3 is 0 Å². The molecule has 0 saturated carbocycles. The third kappa shape index (κ3) is 1.49. The van der Waals surface area contributed by atoms with Gasteiger partial charge in [-0.25, -0.2) is 9.97 Å². The summed E-state index contributed by atoms with van der Waals surface area (Å²) in [5.41, 5.74) is 0.659. The highest BCUT2D eigenvalue weighted by Gasteiger charge is 2.14. The fraction of sp³-hybridized carbons (Fsp3) is 0. The van der Waals surface area contributed by atoms with Crippen LogP contribution in [0.5, 0.6) is 0 Å². The molecule has 0 spiro atoms.